The van der Waals surface area contributed by atoms with Crippen molar-refractivity contribution in [2.45, 2.75) is 19.9 Å². The van der Waals surface area contributed by atoms with Gasteiger partial charge in [0.1, 0.15) is 5.75 Å². The average molecular weight is 266 g/mol. The quantitative estimate of drug-likeness (QED) is 0.590. The van der Waals surface area contributed by atoms with Crippen molar-refractivity contribution in [1.29, 1.82) is 0 Å². The standard InChI is InChI=1S/C13H18N2O4/c1-3-18-10-7-5-6-9(8-10)15-12(16)11(14)13(17)19-4-2/h5-8,11H,3-4,14H2,1-2H3,(H,15,16). The van der Waals surface area contributed by atoms with Crippen molar-refractivity contribution >= 4 is 17.6 Å². The Morgan fingerprint density at radius 2 is 2.05 bits per heavy atom. The minimum atomic E-state index is -1.34. The zero-order valence-corrected chi connectivity index (χ0v) is 11.0. The molecule has 0 radical (unpaired) electrons. The molecular weight excluding hydrogens is 248 g/mol. The Morgan fingerprint density at radius 3 is 2.68 bits per heavy atom. The summed E-state index contributed by atoms with van der Waals surface area (Å²) in [6.45, 7) is 4.22. The monoisotopic (exact) mass is 266 g/mol. The number of ether oxygens (including phenoxy) is 2. The van der Waals surface area contributed by atoms with E-state index in [1.165, 1.54) is 0 Å². The summed E-state index contributed by atoms with van der Waals surface area (Å²) in [5.41, 5.74) is 5.98. The molecule has 6 heteroatoms. The SMILES string of the molecule is CCOC(=O)C(N)C(=O)Nc1cccc(OCC)c1. The molecule has 1 atom stereocenters. The molecule has 6 nitrogen and oxygen atoms in total. The summed E-state index contributed by atoms with van der Waals surface area (Å²) in [7, 11) is 0. The van der Waals surface area contributed by atoms with Crippen molar-refractivity contribution in [1.82, 2.24) is 0 Å². The van der Waals surface area contributed by atoms with Crippen molar-refractivity contribution in [3.05, 3.63) is 24.3 Å². The predicted molar refractivity (Wildman–Crippen MR) is 70.8 cm³/mol. The van der Waals surface area contributed by atoms with E-state index in [2.05, 4.69) is 10.1 Å². The topological polar surface area (TPSA) is 90.7 Å². The van der Waals surface area contributed by atoms with Gasteiger partial charge in [-0.25, -0.2) is 4.79 Å². The van der Waals surface area contributed by atoms with Gasteiger partial charge in [-0.2, -0.15) is 0 Å². The second kappa shape index (κ2) is 7.38. The molecule has 0 bridgehead atoms. The zero-order chi connectivity index (χ0) is 14.3. The molecule has 0 aliphatic carbocycles. The first-order valence-corrected chi connectivity index (χ1v) is 6.04. The molecule has 19 heavy (non-hydrogen) atoms. The van der Waals surface area contributed by atoms with Crippen LogP contribution >= 0.6 is 0 Å². The second-order valence-electron chi connectivity index (χ2n) is 3.68. The van der Waals surface area contributed by atoms with Crippen LogP contribution in [0.3, 0.4) is 0 Å². The molecule has 1 rings (SSSR count). The third-order valence-corrected chi connectivity index (χ3v) is 2.24. The van der Waals surface area contributed by atoms with Crippen LogP contribution in [0.15, 0.2) is 24.3 Å². The number of esters is 1. The number of benzene rings is 1. The minimum Gasteiger partial charge on any atom is -0.494 e. The van der Waals surface area contributed by atoms with E-state index in [1.54, 1.807) is 31.2 Å². The van der Waals surface area contributed by atoms with E-state index in [1.807, 2.05) is 6.92 Å². The van der Waals surface area contributed by atoms with E-state index >= 15 is 0 Å². The lowest BCUT2D eigenvalue weighted by atomic mass is 10.2. The van der Waals surface area contributed by atoms with E-state index in [-0.39, 0.29) is 6.61 Å². The molecule has 0 saturated heterocycles. The molecular formula is C13H18N2O4. The molecule has 1 aromatic carbocycles. The smallest absolute Gasteiger partial charge is 0.332 e. The number of carbonyl (C=O) groups is 2. The molecule has 1 unspecified atom stereocenters. The van der Waals surface area contributed by atoms with Crippen LogP contribution in [-0.4, -0.2) is 31.1 Å². The van der Waals surface area contributed by atoms with Gasteiger partial charge in [0.15, 0.2) is 6.04 Å². The molecule has 1 aromatic rings. The molecule has 0 heterocycles. The number of carbonyl (C=O) groups excluding carboxylic acids is 2. The lowest BCUT2D eigenvalue weighted by molar-refractivity contribution is -0.146. The highest BCUT2D eigenvalue weighted by molar-refractivity contribution is 6.08. The predicted octanol–water partition coefficient (Wildman–Crippen LogP) is 0.914. The highest BCUT2D eigenvalue weighted by Crippen LogP contribution is 2.17. The highest BCUT2D eigenvalue weighted by Gasteiger charge is 2.23. The molecule has 104 valence electrons. The van der Waals surface area contributed by atoms with Crippen LogP contribution in [0.4, 0.5) is 5.69 Å². The molecule has 0 aliphatic heterocycles. The Bertz CT molecular complexity index is 448. The van der Waals surface area contributed by atoms with Gasteiger partial charge in [0.05, 0.1) is 13.2 Å². The Labute approximate surface area is 111 Å². The maximum Gasteiger partial charge on any atom is 0.332 e. The van der Waals surface area contributed by atoms with Gasteiger partial charge in [-0.1, -0.05) is 6.07 Å². The number of nitrogens with one attached hydrogen (secondary N) is 1. The molecule has 3 N–H and O–H groups in total. The Kier molecular flexibility index (Phi) is 5.81. The summed E-state index contributed by atoms with van der Waals surface area (Å²) < 4.78 is 9.98. The van der Waals surface area contributed by atoms with Crippen LogP contribution in [0, 0.1) is 0 Å². The fourth-order valence-electron chi connectivity index (χ4n) is 1.39. The summed E-state index contributed by atoms with van der Waals surface area (Å²) in [6, 6.07) is 5.49. The Morgan fingerprint density at radius 1 is 1.32 bits per heavy atom. The van der Waals surface area contributed by atoms with E-state index in [0.29, 0.717) is 18.0 Å². The third kappa shape index (κ3) is 4.59. The van der Waals surface area contributed by atoms with Gasteiger partial charge < -0.3 is 20.5 Å². The number of hydrogen-bond donors (Lipinski definition) is 2. The minimum absolute atomic E-state index is 0.180. The van der Waals surface area contributed by atoms with Crippen LogP contribution in [0.5, 0.6) is 5.75 Å². The summed E-state index contributed by atoms with van der Waals surface area (Å²) in [5, 5.41) is 2.54. The van der Waals surface area contributed by atoms with Gasteiger partial charge in [-0.05, 0) is 26.0 Å². The van der Waals surface area contributed by atoms with E-state index < -0.39 is 17.9 Å². The van der Waals surface area contributed by atoms with E-state index in [4.69, 9.17) is 10.5 Å². The normalized spacial score (nSPS) is 11.5. The van der Waals surface area contributed by atoms with Gasteiger partial charge >= 0.3 is 5.97 Å². The lowest BCUT2D eigenvalue weighted by Crippen LogP contribution is -2.43. The first kappa shape index (κ1) is 15.0. The van der Waals surface area contributed by atoms with Gasteiger partial charge in [0, 0.05) is 11.8 Å². The maximum atomic E-state index is 11.7. The highest BCUT2D eigenvalue weighted by atomic mass is 16.5. The molecule has 0 spiro atoms. The van der Waals surface area contributed by atoms with Crippen molar-refractivity contribution in [2.24, 2.45) is 5.73 Å². The zero-order valence-electron chi connectivity index (χ0n) is 11.0. The molecule has 1 amide bonds. The maximum absolute atomic E-state index is 11.7. The molecule has 0 aromatic heterocycles. The Balaban J connectivity index is 2.65. The van der Waals surface area contributed by atoms with Crippen molar-refractivity contribution in [3.8, 4) is 5.75 Å². The molecule has 0 aliphatic rings. The fourth-order valence-corrected chi connectivity index (χ4v) is 1.39. The first-order valence-electron chi connectivity index (χ1n) is 6.04. The summed E-state index contributed by atoms with van der Waals surface area (Å²) in [5.74, 6) is -0.738. The van der Waals surface area contributed by atoms with Crippen LogP contribution in [0.1, 0.15) is 13.8 Å². The van der Waals surface area contributed by atoms with Crippen molar-refractivity contribution in [3.63, 3.8) is 0 Å². The van der Waals surface area contributed by atoms with Crippen LogP contribution < -0.4 is 15.8 Å². The number of rotatable bonds is 6. The van der Waals surface area contributed by atoms with Gasteiger partial charge in [0.2, 0.25) is 0 Å². The molecule has 0 fully saturated rings. The number of amides is 1. The number of nitrogens with two attached hydrogens (primary N) is 1. The van der Waals surface area contributed by atoms with E-state index in [0.717, 1.165) is 0 Å². The third-order valence-electron chi connectivity index (χ3n) is 2.24. The van der Waals surface area contributed by atoms with Crippen LogP contribution in [0.2, 0.25) is 0 Å². The summed E-state index contributed by atoms with van der Waals surface area (Å²) >= 11 is 0. The largest absolute Gasteiger partial charge is 0.494 e. The van der Waals surface area contributed by atoms with Crippen LogP contribution in [0.25, 0.3) is 0 Å². The van der Waals surface area contributed by atoms with Gasteiger partial charge in [-0.15, -0.1) is 0 Å². The number of anilines is 1. The molecule has 0 saturated carbocycles. The number of hydrogen-bond acceptors (Lipinski definition) is 5. The first-order chi connectivity index (χ1) is 9.08. The van der Waals surface area contributed by atoms with Crippen LogP contribution in [-0.2, 0) is 14.3 Å². The van der Waals surface area contributed by atoms with Gasteiger partial charge in [-0.3, -0.25) is 4.79 Å². The second-order valence-corrected chi connectivity index (χ2v) is 3.68. The lowest BCUT2D eigenvalue weighted by Gasteiger charge is -2.12. The fraction of sp³-hybridized carbons (Fsp3) is 0.385. The summed E-state index contributed by atoms with van der Waals surface area (Å²) in [4.78, 5) is 23.0. The Hall–Kier alpha value is -2.08. The average Bonchev–Trinajstić information content (AvgIpc) is 2.39. The van der Waals surface area contributed by atoms with Crippen molar-refractivity contribution in [2.75, 3.05) is 18.5 Å². The summed E-state index contributed by atoms with van der Waals surface area (Å²) in [6.07, 6.45) is 0. The van der Waals surface area contributed by atoms with E-state index in [9.17, 15) is 9.59 Å². The van der Waals surface area contributed by atoms with Gasteiger partial charge in [0.25, 0.3) is 5.91 Å². The van der Waals surface area contributed by atoms with Crippen molar-refractivity contribution < 1.29 is 19.1 Å².